The molecule has 5 rings (SSSR count). The van der Waals surface area contributed by atoms with Crippen LogP contribution in [0.4, 0.5) is 5.69 Å². The Morgan fingerprint density at radius 3 is 2.35 bits per heavy atom. The molecule has 0 spiro atoms. The third kappa shape index (κ3) is 3.10. The SMILES string of the molecule is [CH2]c1c(B2OC(C)(C)C(C)(C)O2)cccc1N1CCn2c(cc3c2CC(C)(C)C3)C1=O. The van der Waals surface area contributed by atoms with Gasteiger partial charge in [-0.2, -0.15) is 0 Å². The number of benzene rings is 1. The molecule has 2 aromatic rings. The molecule has 0 unspecified atom stereocenters. The van der Waals surface area contributed by atoms with Gasteiger partial charge in [-0.3, -0.25) is 4.79 Å². The van der Waals surface area contributed by atoms with Crippen LogP contribution in [0.3, 0.4) is 0 Å². The molecule has 3 heterocycles. The van der Waals surface area contributed by atoms with E-state index in [1.807, 2.05) is 50.8 Å². The number of hydrogen-bond donors (Lipinski definition) is 0. The Hall–Kier alpha value is -2.05. The molecule has 0 N–H and O–H groups in total. The minimum atomic E-state index is -0.493. The molecule has 163 valence electrons. The average molecular weight is 419 g/mol. The van der Waals surface area contributed by atoms with E-state index in [-0.39, 0.29) is 11.3 Å². The van der Waals surface area contributed by atoms with Crippen LogP contribution in [0.25, 0.3) is 0 Å². The zero-order valence-electron chi connectivity index (χ0n) is 19.5. The van der Waals surface area contributed by atoms with Crippen LogP contribution in [-0.4, -0.2) is 35.3 Å². The average Bonchev–Trinajstić information content (AvgIpc) is 3.21. The predicted octanol–water partition coefficient (Wildman–Crippen LogP) is 3.75. The van der Waals surface area contributed by atoms with Crippen molar-refractivity contribution < 1.29 is 14.1 Å². The lowest BCUT2D eigenvalue weighted by Gasteiger charge is -2.32. The quantitative estimate of drug-likeness (QED) is 0.697. The lowest BCUT2D eigenvalue weighted by molar-refractivity contribution is 0.00578. The van der Waals surface area contributed by atoms with Gasteiger partial charge >= 0.3 is 7.12 Å². The second-order valence-electron chi connectivity index (χ2n) is 11.1. The van der Waals surface area contributed by atoms with Gasteiger partial charge in [0.15, 0.2) is 0 Å². The Kier molecular flexibility index (Phi) is 4.36. The van der Waals surface area contributed by atoms with Crippen LogP contribution in [-0.2, 0) is 28.7 Å². The van der Waals surface area contributed by atoms with Gasteiger partial charge in [0.05, 0.1) is 11.2 Å². The highest BCUT2D eigenvalue weighted by molar-refractivity contribution is 6.63. The smallest absolute Gasteiger partial charge is 0.399 e. The molecule has 1 aromatic carbocycles. The zero-order valence-corrected chi connectivity index (χ0v) is 19.5. The predicted molar refractivity (Wildman–Crippen MR) is 124 cm³/mol. The van der Waals surface area contributed by atoms with Crippen molar-refractivity contribution >= 4 is 24.2 Å². The topological polar surface area (TPSA) is 43.7 Å². The summed E-state index contributed by atoms with van der Waals surface area (Å²) >= 11 is 0. The normalized spacial score (nSPS) is 23.3. The van der Waals surface area contributed by atoms with E-state index in [9.17, 15) is 4.79 Å². The zero-order chi connectivity index (χ0) is 22.3. The molecule has 1 aromatic heterocycles. The lowest BCUT2D eigenvalue weighted by Crippen LogP contribution is -2.43. The van der Waals surface area contributed by atoms with Crippen molar-refractivity contribution in [1.29, 1.82) is 0 Å². The summed E-state index contributed by atoms with van der Waals surface area (Å²) in [6, 6.07) is 8.04. The van der Waals surface area contributed by atoms with Gasteiger partial charge in [-0.1, -0.05) is 26.0 Å². The van der Waals surface area contributed by atoms with Crippen molar-refractivity contribution in [2.45, 2.75) is 72.1 Å². The van der Waals surface area contributed by atoms with Crippen LogP contribution in [0.1, 0.15) is 68.9 Å². The van der Waals surface area contributed by atoms with Gasteiger partial charge in [0, 0.05) is 24.5 Å². The van der Waals surface area contributed by atoms with Crippen LogP contribution in [0.2, 0.25) is 0 Å². The first-order valence-electron chi connectivity index (χ1n) is 11.2. The summed E-state index contributed by atoms with van der Waals surface area (Å²) in [5.41, 5.74) is 5.43. The van der Waals surface area contributed by atoms with Crippen molar-refractivity contribution in [3.8, 4) is 0 Å². The summed E-state index contributed by atoms with van der Waals surface area (Å²) in [5, 5.41) is 0. The van der Waals surface area contributed by atoms with Crippen molar-refractivity contribution in [2.24, 2.45) is 5.41 Å². The van der Waals surface area contributed by atoms with Gasteiger partial charge in [0.25, 0.3) is 5.91 Å². The lowest BCUT2D eigenvalue weighted by atomic mass is 9.75. The molecule has 0 saturated carbocycles. The van der Waals surface area contributed by atoms with E-state index in [1.54, 1.807) is 0 Å². The van der Waals surface area contributed by atoms with Crippen LogP contribution < -0.4 is 10.4 Å². The summed E-state index contributed by atoms with van der Waals surface area (Å²) in [6.45, 7) is 18.6. The summed E-state index contributed by atoms with van der Waals surface area (Å²) in [6.07, 6.45) is 2.07. The second kappa shape index (κ2) is 6.49. The van der Waals surface area contributed by atoms with Gasteiger partial charge in [0.2, 0.25) is 0 Å². The third-order valence-electron chi connectivity index (χ3n) is 7.61. The molecule has 1 aliphatic carbocycles. The van der Waals surface area contributed by atoms with E-state index < -0.39 is 18.3 Å². The maximum atomic E-state index is 13.5. The number of carbonyl (C=O) groups is 1. The number of carbonyl (C=O) groups excluding carboxylic acids is 1. The first-order chi connectivity index (χ1) is 14.4. The Bertz CT molecular complexity index is 1070. The van der Waals surface area contributed by atoms with Crippen LogP contribution in [0, 0.1) is 12.3 Å². The van der Waals surface area contributed by atoms with E-state index in [4.69, 9.17) is 9.31 Å². The number of rotatable bonds is 2. The molecule has 5 nitrogen and oxygen atoms in total. The minimum absolute atomic E-state index is 0.0504. The summed E-state index contributed by atoms with van der Waals surface area (Å²) in [7, 11) is -0.493. The van der Waals surface area contributed by atoms with Crippen LogP contribution in [0.15, 0.2) is 24.3 Å². The Balaban J connectivity index is 1.47. The molecule has 3 aliphatic rings. The molecule has 31 heavy (non-hydrogen) atoms. The highest BCUT2D eigenvalue weighted by Crippen LogP contribution is 2.40. The minimum Gasteiger partial charge on any atom is -0.399 e. The Labute approximate surface area is 185 Å². The number of amides is 1. The van der Waals surface area contributed by atoms with Crippen LogP contribution >= 0.6 is 0 Å². The van der Waals surface area contributed by atoms with Crippen LogP contribution in [0.5, 0.6) is 0 Å². The first kappa shape index (κ1) is 20.8. The standard InChI is InChI=1S/C25H32BN2O3/c1-16-18(26-30-24(4,5)25(6,7)31-26)9-8-10-19(16)28-12-11-27-20(22(28)29)13-17-14-23(2,3)15-21(17)27/h8-10,13H,1,11-12,14-15H2,2-7H3. The Morgan fingerprint density at radius 1 is 1.00 bits per heavy atom. The number of aromatic nitrogens is 1. The fraction of sp³-hybridized carbons (Fsp3) is 0.520. The van der Waals surface area contributed by atoms with Crippen molar-refractivity contribution in [2.75, 3.05) is 11.4 Å². The van der Waals surface area contributed by atoms with Gasteiger partial charge in [0.1, 0.15) is 5.69 Å². The number of hydrogen-bond acceptors (Lipinski definition) is 3. The van der Waals surface area contributed by atoms with Gasteiger partial charge < -0.3 is 18.8 Å². The third-order valence-corrected chi connectivity index (χ3v) is 7.61. The molecule has 0 bridgehead atoms. The highest BCUT2D eigenvalue weighted by Gasteiger charge is 2.52. The molecule has 0 atom stereocenters. The molecule has 2 aliphatic heterocycles. The second-order valence-corrected chi connectivity index (χ2v) is 11.1. The largest absolute Gasteiger partial charge is 0.495 e. The van der Waals surface area contributed by atoms with Gasteiger partial charge in [-0.15, -0.1) is 0 Å². The van der Waals surface area contributed by atoms with Crippen molar-refractivity contribution in [3.05, 3.63) is 53.7 Å². The fourth-order valence-electron chi connectivity index (χ4n) is 5.18. The van der Waals surface area contributed by atoms with Gasteiger partial charge in [-0.05, 0) is 81.6 Å². The highest BCUT2D eigenvalue weighted by atomic mass is 16.7. The molecule has 1 saturated heterocycles. The van der Waals surface area contributed by atoms with Gasteiger partial charge in [-0.25, -0.2) is 0 Å². The van der Waals surface area contributed by atoms with E-state index in [0.29, 0.717) is 6.54 Å². The molecular weight excluding hydrogens is 387 g/mol. The maximum absolute atomic E-state index is 13.5. The Morgan fingerprint density at radius 2 is 1.68 bits per heavy atom. The van der Waals surface area contributed by atoms with E-state index in [0.717, 1.165) is 41.8 Å². The number of anilines is 1. The first-order valence-corrected chi connectivity index (χ1v) is 11.2. The van der Waals surface area contributed by atoms with Crippen molar-refractivity contribution in [3.63, 3.8) is 0 Å². The number of fused-ring (bicyclic) bond motifs is 3. The molecule has 1 fully saturated rings. The molecule has 1 amide bonds. The summed E-state index contributed by atoms with van der Waals surface area (Å²) < 4.78 is 14.7. The molecule has 6 heteroatoms. The number of nitrogens with zero attached hydrogens (tertiary/aromatic N) is 2. The molecule has 1 radical (unpaired) electrons. The summed E-state index contributed by atoms with van der Waals surface area (Å²) in [5.74, 6) is 0.0504. The maximum Gasteiger partial charge on any atom is 0.495 e. The van der Waals surface area contributed by atoms with E-state index in [2.05, 4.69) is 31.4 Å². The fourth-order valence-corrected chi connectivity index (χ4v) is 5.18. The van der Waals surface area contributed by atoms with Crippen molar-refractivity contribution in [1.82, 2.24) is 4.57 Å². The molecular formula is C25H32BN2O3. The van der Waals surface area contributed by atoms with E-state index >= 15 is 0 Å². The summed E-state index contributed by atoms with van der Waals surface area (Å²) in [4.78, 5) is 15.4. The monoisotopic (exact) mass is 419 g/mol. The van der Waals surface area contributed by atoms with E-state index in [1.165, 1.54) is 11.3 Å².